The van der Waals surface area contributed by atoms with Crippen LogP contribution < -0.4 is 14.8 Å². The van der Waals surface area contributed by atoms with E-state index in [1.165, 1.54) is 9.13 Å². The van der Waals surface area contributed by atoms with Gasteiger partial charge in [-0.2, -0.15) is 0 Å². The highest BCUT2D eigenvalue weighted by Crippen LogP contribution is 2.30. The highest BCUT2D eigenvalue weighted by atomic mass is 127. The minimum atomic E-state index is 0.626. The van der Waals surface area contributed by atoms with Gasteiger partial charge >= 0.3 is 0 Å². The fraction of sp³-hybridized carbons (Fsp3) is 0.294. The number of anilines is 1. The summed E-state index contributed by atoms with van der Waals surface area (Å²) < 4.78 is 12.4. The van der Waals surface area contributed by atoms with Crippen LogP contribution in [-0.4, -0.2) is 13.2 Å². The summed E-state index contributed by atoms with van der Waals surface area (Å²) in [6.45, 7) is 5.99. The maximum atomic E-state index is 5.63. The lowest BCUT2D eigenvalue weighted by molar-refractivity contribution is 0.288. The highest BCUT2D eigenvalue weighted by Gasteiger charge is 2.06. The first kappa shape index (κ1) is 15.9. The van der Waals surface area contributed by atoms with Crippen LogP contribution in [0.2, 0.25) is 0 Å². The van der Waals surface area contributed by atoms with Crippen molar-refractivity contribution >= 4 is 28.3 Å². The molecule has 0 heterocycles. The van der Waals surface area contributed by atoms with Crippen LogP contribution in [0.15, 0.2) is 42.5 Å². The average Bonchev–Trinajstić information content (AvgIpc) is 2.49. The second kappa shape index (κ2) is 8.12. The molecule has 0 atom stereocenters. The predicted octanol–water partition coefficient (Wildman–Crippen LogP) is 4.70. The molecule has 112 valence electrons. The van der Waals surface area contributed by atoms with Crippen molar-refractivity contribution in [2.75, 3.05) is 18.5 Å². The zero-order valence-corrected chi connectivity index (χ0v) is 14.5. The first-order valence-corrected chi connectivity index (χ1v) is 8.18. The van der Waals surface area contributed by atoms with Crippen LogP contribution in [0.4, 0.5) is 5.69 Å². The van der Waals surface area contributed by atoms with Gasteiger partial charge in [0.15, 0.2) is 11.5 Å². The predicted molar refractivity (Wildman–Crippen MR) is 95.3 cm³/mol. The molecule has 3 nitrogen and oxygen atoms in total. The largest absolute Gasteiger partial charge is 0.490 e. The molecule has 0 aliphatic heterocycles. The molecule has 0 radical (unpaired) electrons. The van der Waals surface area contributed by atoms with Gasteiger partial charge in [-0.3, -0.25) is 0 Å². The summed E-state index contributed by atoms with van der Waals surface area (Å²) in [5, 5.41) is 3.41. The molecular formula is C17H20INO2. The number of nitrogens with one attached hydrogen (secondary N) is 1. The van der Waals surface area contributed by atoms with Gasteiger partial charge in [0.2, 0.25) is 0 Å². The summed E-state index contributed by atoms with van der Waals surface area (Å²) >= 11 is 2.31. The molecule has 0 amide bonds. The molecule has 2 aromatic rings. The van der Waals surface area contributed by atoms with Gasteiger partial charge in [0.25, 0.3) is 0 Å². The van der Waals surface area contributed by atoms with Crippen LogP contribution >= 0.6 is 22.6 Å². The third kappa shape index (κ3) is 4.81. The van der Waals surface area contributed by atoms with Crippen LogP contribution in [0.1, 0.15) is 19.4 Å². The number of halogens is 1. The minimum Gasteiger partial charge on any atom is -0.490 e. The number of hydrogen-bond donors (Lipinski definition) is 1. The number of rotatable bonds is 7. The molecule has 4 heteroatoms. The van der Waals surface area contributed by atoms with Crippen molar-refractivity contribution in [3.8, 4) is 11.5 Å². The molecule has 21 heavy (non-hydrogen) atoms. The molecule has 0 fully saturated rings. The highest BCUT2D eigenvalue weighted by molar-refractivity contribution is 14.1. The van der Waals surface area contributed by atoms with Gasteiger partial charge in [-0.15, -0.1) is 0 Å². The van der Waals surface area contributed by atoms with Gasteiger partial charge in [0.05, 0.1) is 13.2 Å². The molecule has 0 saturated heterocycles. The van der Waals surface area contributed by atoms with Crippen LogP contribution in [0.25, 0.3) is 0 Å². The molecule has 0 saturated carbocycles. The lowest BCUT2D eigenvalue weighted by Gasteiger charge is -2.13. The molecule has 0 bridgehead atoms. The zero-order chi connectivity index (χ0) is 15.1. The molecular weight excluding hydrogens is 377 g/mol. The van der Waals surface area contributed by atoms with E-state index < -0.39 is 0 Å². The molecule has 2 aromatic carbocycles. The Morgan fingerprint density at radius 3 is 2.24 bits per heavy atom. The van der Waals surface area contributed by atoms with Crippen LogP contribution in [0, 0.1) is 3.57 Å². The van der Waals surface area contributed by atoms with Crippen molar-refractivity contribution in [1.82, 2.24) is 0 Å². The molecule has 0 aliphatic rings. The topological polar surface area (TPSA) is 30.5 Å². The molecule has 0 spiro atoms. The van der Waals surface area contributed by atoms with Gasteiger partial charge in [0.1, 0.15) is 0 Å². The molecule has 0 aliphatic carbocycles. The Morgan fingerprint density at radius 1 is 0.905 bits per heavy atom. The first-order chi connectivity index (χ1) is 10.2. The van der Waals surface area contributed by atoms with E-state index in [1.807, 2.05) is 32.0 Å². The number of hydrogen-bond acceptors (Lipinski definition) is 3. The normalized spacial score (nSPS) is 10.2. The number of benzene rings is 2. The van der Waals surface area contributed by atoms with E-state index in [4.69, 9.17) is 9.47 Å². The lowest BCUT2D eigenvalue weighted by Crippen LogP contribution is -2.02. The van der Waals surface area contributed by atoms with E-state index in [0.717, 1.165) is 23.7 Å². The summed E-state index contributed by atoms with van der Waals surface area (Å²) in [4.78, 5) is 0. The van der Waals surface area contributed by atoms with Crippen LogP contribution in [0.3, 0.4) is 0 Å². The third-order valence-electron chi connectivity index (χ3n) is 2.95. The van der Waals surface area contributed by atoms with Gasteiger partial charge in [-0.25, -0.2) is 0 Å². The maximum Gasteiger partial charge on any atom is 0.163 e. The SMILES string of the molecule is CCOc1ccc(NCc2ccc(I)cc2)cc1OCC. The van der Waals surface area contributed by atoms with E-state index in [1.54, 1.807) is 0 Å². The maximum absolute atomic E-state index is 5.63. The lowest BCUT2D eigenvalue weighted by atomic mass is 10.2. The smallest absolute Gasteiger partial charge is 0.163 e. The van der Waals surface area contributed by atoms with E-state index in [2.05, 4.69) is 52.2 Å². The van der Waals surface area contributed by atoms with Crippen molar-refractivity contribution < 1.29 is 9.47 Å². The second-order valence-electron chi connectivity index (χ2n) is 4.51. The summed E-state index contributed by atoms with van der Waals surface area (Å²) in [5.74, 6) is 1.58. The Bertz CT molecular complexity index is 570. The van der Waals surface area contributed by atoms with E-state index >= 15 is 0 Å². The minimum absolute atomic E-state index is 0.626. The van der Waals surface area contributed by atoms with Crippen LogP contribution in [-0.2, 0) is 6.54 Å². The Morgan fingerprint density at radius 2 is 1.57 bits per heavy atom. The summed E-state index contributed by atoms with van der Waals surface area (Å²) in [7, 11) is 0. The second-order valence-corrected chi connectivity index (χ2v) is 5.75. The molecule has 0 aromatic heterocycles. The van der Waals surface area contributed by atoms with Gasteiger partial charge in [0, 0.05) is 21.9 Å². The molecule has 1 N–H and O–H groups in total. The van der Waals surface area contributed by atoms with E-state index in [9.17, 15) is 0 Å². The monoisotopic (exact) mass is 397 g/mol. The Kier molecular flexibility index (Phi) is 6.17. The molecule has 2 rings (SSSR count). The third-order valence-corrected chi connectivity index (χ3v) is 3.67. The standard InChI is InChI=1S/C17H20INO2/c1-3-20-16-10-9-15(11-17(16)21-4-2)19-12-13-5-7-14(18)8-6-13/h5-11,19H,3-4,12H2,1-2H3. The Balaban J connectivity index is 2.05. The summed E-state index contributed by atoms with van der Waals surface area (Å²) in [6, 6.07) is 14.4. The van der Waals surface area contributed by atoms with Gasteiger partial charge in [-0.1, -0.05) is 12.1 Å². The average molecular weight is 397 g/mol. The van der Waals surface area contributed by atoms with E-state index in [0.29, 0.717) is 13.2 Å². The Labute approximate surface area is 139 Å². The van der Waals surface area contributed by atoms with Crippen molar-refractivity contribution in [2.24, 2.45) is 0 Å². The van der Waals surface area contributed by atoms with Crippen molar-refractivity contribution in [3.05, 3.63) is 51.6 Å². The fourth-order valence-corrected chi connectivity index (χ4v) is 2.33. The van der Waals surface area contributed by atoms with E-state index in [-0.39, 0.29) is 0 Å². The molecule has 0 unspecified atom stereocenters. The first-order valence-electron chi connectivity index (χ1n) is 7.11. The summed E-state index contributed by atoms with van der Waals surface area (Å²) in [5.41, 5.74) is 2.28. The van der Waals surface area contributed by atoms with Crippen molar-refractivity contribution in [3.63, 3.8) is 0 Å². The van der Waals surface area contributed by atoms with Crippen molar-refractivity contribution in [2.45, 2.75) is 20.4 Å². The fourth-order valence-electron chi connectivity index (χ4n) is 1.97. The van der Waals surface area contributed by atoms with Crippen molar-refractivity contribution in [1.29, 1.82) is 0 Å². The number of ether oxygens (including phenoxy) is 2. The Hall–Kier alpha value is -1.43. The van der Waals surface area contributed by atoms with Crippen LogP contribution in [0.5, 0.6) is 11.5 Å². The zero-order valence-electron chi connectivity index (χ0n) is 12.4. The quantitative estimate of drug-likeness (QED) is 0.687. The van der Waals surface area contributed by atoms with Gasteiger partial charge in [-0.05, 0) is 66.3 Å². The summed E-state index contributed by atoms with van der Waals surface area (Å²) in [6.07, 6.45) is 0. The van der Waals surface area contributed by atoms with Gasteiger partial charge < -0.3 is 14.8 Å².